The van der Waals surface area contributed by atoms with E-state index in [1.165, 1.54) is 12.1 Å². The van der Waals surface area contributed by atoms with Crippen molar-refractivity contribution in [3.63, 3.8) is 0 Å². The third-order valence-corrected chi connectivity index (χ3v) is 7.33. The Morgan fingerprint density at radius 2 is 1.76 bits per heavy atom. The largest absolute Gasteiger partial charge is 0.507 e. The third-order valence-electron chi connectivity index (χ3n) is 7.33. The van der Waals surface area contributed by atoms with Crippen molar-refractivity contribution in [1.82, 2.24) is 4.57 Å². The van der Waals surface area contributed by atoms with Gasteiger partial charge in [0, 0.05) is 27.7 Å². The summed E-state index contributed by atoms with van der Waals surface area (Å²) in [7, 11) is 0. The molecule has 0 atom stereocenters. The van der Waals surface area contributed by atoms with Gasteiger partial charge in [0.15, 0.2) is 0 Å². The van der Waals surface area contributed by atoms with Crippen LogP contribution < -0.4 is 0 Å². The molecule has 1 aromatic heterocycles. The molecule has 0 bridgehead atoms. The zero-order chi connectivity index (χ0) is 23.6. The number of carbonyl (C=O) groups is 1. The number of aliphatic carboxylic acids is 1. The van der Waals surface area contributed by atoms with Gasteiger partial charge in [-0.15, -0.1) is 0 Å². The lowest BCUT2D eigenvalue weighted by Crippen LogP contribution is -2.49. The Balaban J connectivity index is 1.75. The predicted molar refractivity (Wildman–Crippen MR) is 121 cm³/mol. The predicted octanol–water partition coefficient (Wildman–Crippen LogP) is 4.76. The van der Waals surface area contributed by atoms with Crippen LogP contribution in [-0.4, -0.2) is 38.1 Å². The topological polar surface area (TPSA) is 91.9 Å². The second-order valence-corrected chi connectivity index (χ2v) is 10.2. The number of ether oxygens (including phenoxy) is 1. The van der Waals surface area contributed by atoms with Crippen molar-refractivity contribution in [3.05, 3.63) is 59.5 Å². The summed E-state index contributed by atoms with van der Waals surface area (Å²) in [5.41, 5.74) is 1.03. The monoisotopic (exact) mass is 453 g/mol. The van der Waals surface area contributed by atoms with E-state index in [9.17, 15) is 24.5 Å². The summed E-state index contributed by atoms with van der Waals surface area (Å²) in [6, 6.07) is 11.7. The molecule has 2 heterocycles. The lowest BCUT2D eigenvalue weighted by molar-refractivity contribution is -0.158. The Morgan fingerprint density at radius 1 is 1.09 bits per heavy atom. The highest BCUT2D eigenvalue weighted by molar-refractivity contribution is 5.94. The number of nitrogens with zero attached hydrogens (tertiary/aromatic N) is 1. The third kappa shape index (κ3) is 3.42. The molecule has 33 heavy (non-hydrogen) atoms. The normalized spacial score (nSPS) is 26.4. The maximum atomic E-state index is 13.7. The van der Waals surface area contributed by atoms with Crippen LogP contribution in [0.2, 0.25) is 0 Å². The highest BCUT2D eigenvalue weighted by Crippen LogP contribution is 2.56. The minimum Gasteiger partial charge on any atom is -0.507 e. The van der Waals surface area contributed by atoms with Crippen LogP contribution in [0.5, 0.6) is 5.75 Å². The summed E-state index contributed by atoms with van der Waals surface area (Å²) >= 11 is 0. The fourth-order valence-electron chi connectivity index (χ4n) is 5.70. The van der Waals surface area contributed by atoms with Crippen molar-refractivity contribution in [2.75, 3.05) is 6.61 Å². The molecule has 7 heteroatoms. The number of hydrogen-bond donors (Lipinski definition) is 3. The molecule has 2 aromatic carbocycles. The van der Waals surface area contributed by atoms with Crippen molar-refractivity contribution < 1.29 is 29.2 Å². The number of hydrogen-bond acceptors (Lipinski definition) is 4. The van der Waals surface area contributed by atoms with Gasteiger partial charge >= 0.3 is 5.97 Å². The standard InChI is InChI=1S/C26H28FNO5/c1-24(2)15-33-26(12-10-25(32,11-13-26)14-20(30)31)22-21-18(4-3-5-19(21)29)28(23(22)24)17-8-6-16(27)7-9-17/h3-9,29,32H,10-15H2,1-2H3,(H,30,31)/t25-,26-. The molecule has 1 spiro atoms. The summed E-state index contributed by atoms with van der Waals surface area (Å²) < 4.78 is 22.3. The Morgan fingerprint density at radius 3 is 2.39 bits per heavy atom. The summed E-state index contributed by atoms with van der Waals surface area (Å²) in [4.78, 5) is 11.3. The van der Waals surface area contributed by atoms with Gasteiger partial charge in [-0.1, -0.05) is 19.9 Å². The molecule has 6 nitrogen and oxygen atoms in total. The van der Waals surface area contributed by atoms with Gasteiger partial charge in [0.25, 0.3) is 0 Å². The highest BCUT2D eigenvalue weighted by Gasteiger charge is 2.52. The number of carboxylic acid groups (broad SMARTS) is 1. The SMILES string of the molecule is CC1(C)CO[C@]2(CC[C@@](O)(CC(=O)O)CC2)c2c1n(-c1ccc(F)cc1)c1cccc(O)c12. The molecule has 5 rings (SSSR count). The van der Waals surface area contributed by atoms with Gasteiger partial charge in [-0.25, -0.2) is 4.39 Å². The average molecular weight is 454 g/mol. The van der Waals surface area contributed by atoms with Crippen LogP contribution in [-0.2, 0) is 20.5 Å². The molecule has 174 valence electrons. The molecule has 3 aromatic rings. The fraction of sp³-hybridized carbons (Fsp3) is 0.423. The Bertz CT molecular complexity index is 1240. The van der Waals surface area contributed by atoms with Crippen molar-refractivity contribution >= 4 is 16.9 Å². The van der Waals surface area contributed by atoms with Gasteiger partial charge in [0.2, 0.25) is 0 Å². The molecule has 0 radical (unpaired) electrons. The minimum absolute atomic E-state index is 0.136. The summed E-state index contributed by atoms with van der Waals surface area (Å²) in [6.45, 7) is 4.59. The van der Waals surface area contributed by atoms with E-state index in [-0.39, 0.29) is 30.8 Å². The zero-order valence-electron chi connectivity index (χ0n) is 18.8. The number of aromatic hydroxyl groups is 1. The smallest absolute Gasteiger partial charge is 0.306 e. The van der Waals surface area contributed by atoms with Crippen LogP contribution in [0.15, 0.2) is 42.5 Å². The first-order chi connectivity index (χ1) is 15.6. The second kappa shape index (κ2) is 7.30. The Kier molecular flexibility index (Phi) is 4.85. The van der Waals surface area contributed by atoms with Gasteiger partial charge in [-0.05, 0) is 62.1 Å². The second-order valence-electron chi connectivity index (χ2n) is 10.2. The molecular weight excluding hydrogens is 425 g/mol. The lowest BCUT2D eigenvalue weighted by atomic mass is 9.67. The van der Waals surface area contributed by atoms with E-state index in [2.05, 4.69) is 18.4 Å². The van der Waals surface area contributed by atoms with Gasteiger partial charge in [-0.2, -0.15) is 0 Å². The van der Waals surface area contributed by atoms with E-state index in [4.69, 9.17) is 4.74 Å². The van der Waals surface area contributed by atoms with E-state index < -0.39 is 22.6 Å². The zero-order valence-corrected chi connectivity index (χ0v) is 18.8. The number of phenols is 1. The number of aromatic nitrogens is 1. The number of benzene rings is 2. The van der Waals surface area contributed by atoms with Gasteiger partial charge < -0.3 is 24.6 Å². The first-order valence-corrected chi connectivity index (χ1v) is 11.3. The van der Waals surface area contributed by atoms with E-state index in [0.717, 1.165) is 22.5 Å². The van der Waals surface area contributed by atoms with Crippen LogP contribution in [0.1, 0.15) is 57.2 Å². The van der Waals surface area contributed by atoms with Crippen molar-refractivity contribution in [1.29, 1.82) is 0 Å². The maximum Gasteiger partial charge on any atom is 0.306 e. The number of rotatable bonds is 3. The van der Waals surface area contributed by atoms with E-state index in [1.54, 1.807) is 24.3 Å². The lowest BCUT2D eigenvalue weighted by Gasteiger charge is -2.49. The first-order valence-electron chi connectivity index (χ1n) is 11.3. The van der Waals surface area contributed by atoms with E-state index >= 15 is 0 Å². The van der Waals surface area contributed by atoms with Crippen molar-refractivity contribution in [3.8, 4) is 11.4 Å². The highest BCUT2D eigenvalue weighted by atomic mass is 19.1. The molecular formula is C26H28FNO5. The van der Waals surface area contributed by atoms with Crippen LogP contribution in [0.25, 0.3) is 16.6 Å². The maximum absolute atomic E-state index is 13.7. The molecule has 1 saturated carbocycles. The molecule has 3 N–H and O–H groups in total. The number of fused-ring (bicyclic) bond motifs is 4. The van der Waals surface area contributed by atoms with Gasteiger partial charge in [0.1, 0.15) is 11.6 Å². The van der Waals surface area contributed by atoms with Gasteiger partial charge in [0.05, 0.1) is 29.7 Å². The minimum atomic E-state index is -1.27. The number of halogens is 1. The molecule has 1 fully saturated rings. The van der Waals surface area contributed by atoms with E-state index in [1.807, 2.05) is 6.07 Å². The average Bonchev–Trinajstić information content (AvgIpc) is 3.12. The summed E-state index contributed by atoms with van der Waals surface area (Å²) in [6.07, 6.45) is 1.16. The van der Waals surface area contributed by atoms with Crippen molar-refractivity contribution in [2.45, 2.75) is 62.6 Å². The van der Waals surface area contributed by atoms with Gasteiger partial charge in [-0.3, -0.25) is 4.79 Å². The van der Waals surface area contributed by atoms with Crippen LogP contribution in [0.3, 0.4) is 0 Å². The molecule has 0 amide bonds. The van der Waals surface area contributed by atoms with Crippen molar-refractivity contribution in [2.24, 2.45) is 0 Å². The van der Waals surface area contributed by atoms with Crippen LogP contribution in [0, 0.1) is 5.82 Å². The summed E-state index contributed by atoms with van der Waals surface area (Å²) in [5, 5.41) is 31.8. The Hall–Kier alpha value is -2.90. The number of aliphatic hydroxyl groups is 1. The molecule has 1 aliphatic carbocycles. The van der Waals surface area contributed by atoms with Crippen LogP contribution in [0.4, 0.5) is 4.39 Å². The molecule has 1 aliphatic heterocycles. The number of carboxylic acids is 1. The fourth-order valence-corrected chi connectivity index (χ4v) is 5.70. The number of phenolic OH excluding ortho intramolecular Hbond substituents is 1. The van der Waals surface area contributed by atoms with E-state index in [0.29, 0.717) is 24.8 Å². The first kappa shape index (κ1) is 21.9. The molecule has 0 unspecified atom stereocenters. The summed E-state index contributed by atoms with van der Waals surface area (Å²) in [5.74, 6) is -1.21. The Labute approximate surface area is 191 Å². The quantitative estimate of drug-likeness (QED) is 0.532. The molecule has 2 aliphatic rings. The molecule has 0 saturated heterocycles. The van der Waals surface area contributed by atoms with Crippen LogP contribution >= 0.6 is 0 Å².